The summed E-state index contributed by atoms with van der Waals surface area (Å²) in [5, 5.41) is 112. The molecule has 0 unspecified atom stereocenters. The van der Waals surface area contributed by atoms with Crippen LogP contribution in [-0.2, 0) is 35.3 Å². The van der Waals surface area contributed by atoms with Gasteiger partial charge in [-0.3, -0.25) is 28.8 Å². The first kappa shape index (κ1) is 55.9. The molecular weight excluding hydrogens is 975 g/mol. The topological polar surface area (TPSA) is 351 Å². The maximum absolute atomic E-state index is 14.4. The first-order chi connectivity index (χ1) is 35.6. The molecule has 0 spiro atoms. The number of phenols is 1. The molecule has 3 aliphatic heterocycles. The van der Waals surface area contributed by atoms with Crippen LogP contribution in [0.3, 0.4) is 0 Å². The van der Waals surface area contributed by atoms with Crippen molar-refractivity contribution in [2.24, 2.45) is 5.92 Å². The van der Waals surface area contributed by atoms with E-state index >= 15 is 0 Å². The fourth-order valence-corrected chi connectivity index (χ4v) is 9.62. The van der Waals surface area contributed by atoms with Gasteiger partial charge in [-0.2, -0.15) is 0 Å². The average Bonchev–Trinajstić information content (AvgIpc) is 3.94. The molecular formula is C53H65N7O15. The Morgan fingerprint density at radius 1 is 0.587 bits per heavy atom. The number of phenolic OH excluding ortho intramolecular Hbond substituents is 1. The summed E-state index contributed by atoms with van der Waals surface area (Å²) >= 11 is 0. The molecule has 3 aliphatic rings. The van der Waals surface area contributed by atoms with Crippen molar-refractivity contribution in [1.82, 2.24) is 36.4 Å². The highest BCUT2D eigenvalue weighted by Gasteiger charge is 2.50. The molecule has 3 fully saturated rings. The molecule has 15 atom stereocenters. The van der Waals surface area contributed by atoms with Crippen LogP contribution in [0.1, 0.15) is 50.8 Å². The second kappa shape index (κ2) is 24.2. The minimum absolute atomic E-state index is 0.0385. The Hall–Kier alpha value is -6.86. The number of fused-ring (bicyclic) bond motifs is 2. The smallest absolute Gasteiger partial charge is 0.248 e. The maximum Gasteiger partial charge on any atom is 0.248 e. The number of aliphatic hydroxyl groups excluding tert-OH is 8. The van der Waals surface area contributed by atoms with Gasteiger partial charge in [-0.15, -0.1) is 0 Å². The van der Waals surface area contributed by atoms with E-state index in [9.17, 15) is 74.7 Å². The van der Waals surface area contributed by atoms with E-state index in [0.29, 0.717) is 5.56 Å². The van der Waals surface area contributed by atoms with Crippen molar-refractivity contribution in [2.75, 3.05) is 13.1 Å². The normalized spacial score (nSPS) is 29.1. The minimum Gasteiger partial charge on any atom is -0.508 e. The molecule has 0 radical (unpaired) electrons. The summed E-state index contributed by atoms with van der Waals surface area (Å²) in [4.78, 5) is 87.4. The predicted octanol–water partition coefficient (Wildman–Crippen LogP) is -2.14. The third kappa shape index (κ3) is 13.0. The Morgan fingerprint density at radius 3 is 1.68 bits per heavy atom. The van der Waals surface area contributed by atoms with Crippen LogP contribution < -0.4 is 26.6 Å². The van der Waals surface area contributed by atoms with Crippen molar-refractivity contribution < 1.29 is 74.7 Å². The quantitative estimate of drug-likeness (QED) is 0.0806. The zero-order valence-electron chi connectivity index (χ0n) is 41.4. The lowest BCUT2D eigenvalue weighted by atomic mass is 9.96. The average molecular weight is 1040 g/mol. The summed E-state index contributed by atoms with van der Waals surface area (Å²) in [5.74, 6) is -7.99. The summed E-state index contributed by atoms with van der Waals surface area (Å²) < 4.78 is 0. The SMILES string of the molecule is C[C@@H](O)[C@@H]1NC(=O)[C@H]([C@H](O)[C@@H](O)c2ccc(O)cc2)NC(=O)[C@@H]2C[C@@H](O)CN2C(=O)[C@H]([C@@H](C)O)NC(=O)[C@@H](NCc2ccc(-c3ccc(-c4ccccc4)cc3)cc2)C[C@@H](O)[C@H](O)NC(=O)[C@@H]2[C@@H](O)[C@@H](C)CN2C1=O. The van der Waals surface area contributed by atoms with E-state index in [1.54, 1.807) is 12.1 Å². The first-order valence-corrected chi connectivity index (χ1v) is 24.7. The number of aliphatic hydroxyl groups is 8. The number of hydrogen-bond acceptors (Lipinski definition) is 16. The lowest BCUT2D eigenvalue weighted by Gasteiger charge is -2.34. The molecule has 0 saturated carbocycles. The summed E-state index contributed by atoms with van der Waals surface area (Å²) in [7, 11) is 0. The Morgan fingerprint density at radius 2 is 1.11 bits per heavy atom. The highest BCUT2D eigenvalue weighted by Crippen LogP contribution is 2.29. The van der Waals surface area contributed by atoms with E-state index in [-0.39, 0.29) is 24.4 Å². The number of carbonyl (C=O) groups is 6. The van der Waals surface area contributed by atoms with Gasteiger partial charge in [0.25, 0.3) is 0 Å². The Bertz CT molecular complexity index is 2640. The van der Waals surface area contributed by atoms with Gasteiger partial charge in [-0.25, -0.2) is 0 Å². The molecule has 3 heterocycles. The van der Waals surface area contributed by atoms with E-state index in [2.05, 4.69) is 26.6 Å². The highest BCUT2D eigenvalue weighted by molar-refractivity contribution is 5.98. The molecule has 14 N–H and O–H groups in total. The molecule has 0 aliphatic carbocycles. The van der Waals surface area contributed by atoms with Gasteiger partial charge < -0.3 is 82.3 Å². The van der Waals surface area contributed by atoms with Gasteiger partial charge >= 0.3 is 0 Å². The van der Waals surface area contributed by atoms with Crippen LogP contribution in [0.4, 0.5) is 0 Å². The first-order valence-electron chi connectivity index (χ1n) is 24.7. The lowest BCUT2D eigenvalue weighted by molar-refractivity contribution is -0.148. The van der Waals surface area contributed by atoms with Crippen molar-refractivity contribution in [1.29, 1.82) is 0 Å². The summed E-state index contributed by atoms with van der Waals surface area (Å²) in [5.41, 5.74) is 4.51. The predicted molar refractivity (Wildman–Crippen MR) is 268 cm³/mol. The van der Waals surface area contributed by atoms with Crippen LogP contribution in [0.15, 0.2) is 103 Å². The van der Waals surface area contributed by atoms with Crippen LogP contribution in [-0.4, -0.2) is 183 Å². The number of rotatable bonds is 10. The number of carbonyl (C=O) groups excluding carboxylic acids is 6. The third-order valence-corrected chi connectivity index (χ3v) is 14.0. The molecule has 3 saturated heterocycles. The summed E-state index contributed by atoms with van der Waals surface area (Å²) in [6.45, 7) is 2.88. The number of hydrogen-bond donors (Lipinski definition) is 14. The van der Waals surface area contributed by atoms with Gasteiger partial charge in [-0.05, 0) is 59.4 Å². The van der Waals surface area contributed by atoms with Crippen molar-refractivity contribution in [3.63, 3.8) is 0 Å². The monoisotopic (exact) mass is 1040 g/mol. The number of amides is 6. The molecule has 0 aromatic heterocycles. The number of benzene rings is 4. The van der Waals surface area contributed by atoms with E-state index in [1.165, 1.54) is 38.1 Å². The number of nitrogens with one attached hydrogen (secondary N) is 5. The molecule has 4 aromatic rings. The Balaban J connectivity index is 1.20. The largest absolute Gasteiger partial charge is 0.508 e. The Labute approximate surface area is 432 Å². The minimum atomic E-state index is -2.26. The van der Waals surface area contributed by atoms with E-state index < -0.39 is 146 Å². The molecule has 7 rings (SSSR count). The van der Waals surface area contributed by atoms with Crippen LogP contribution in [0.2, 0.25) is 0 Å². The van der Waals surface area contributed by atoms with Crippen LogP contribution >= 0.6 is 0 Å². The van der Waals surface area contributed by atoms with E-state index in [0.717, 1.165) is 39.0 Å². The molecule has 0 bridgehead atoms. The molecule has 75 heavy (non-hydrogen) atoms. The molecule has 402 valence electrons. The van der Waals surface area contributed by atoms with Crippen molar-refractivity contribution >= 4 is 35.4 Å². The molecule has 4 aromatic carbocycles. The van der Waals surface area contributed by atoms with Crippen LogP contribution in [0.5, 0.6) is 5.75 Å². The summed E-state index contributed by atoms with van der Waals surface area (Å²) in [6.07, 6.45) is -15.9. The molecule has 22 heteroatoms. The zero-order valence-corrected chi connectivity index (χ0v) is 41.4. The van der Waals surface area contributed by atoms with E-state index in [4.69, 9.17) is 0 Å². The third-order valence-electron chi connectivity index (χ3n) is 14.0. The summed E-state index contributed by atoms with van der Waals surface area (Å²) in [6, 6.07) is 19.0. The fourth-order valence-electron chi connectivity index (χ4n) is 9.62. The van der Waals surface area contributed by atoms with Gasteiger partial charge in [0.05, 0.1) is 30.5 Å². The van der Waals surface area contributed by atoms with E-state index in [1.807, 2.05) is 66.7 Å². The van der Waals surface area contributed by atoms with Gasteiger partial charge in [0.1, 0.15) is 54.3 Å². The van der Waals surface area contributed by atoms with Crippen LogP contribution in [0.25, 0.3) is 22.3 Å². The van der Waals surface area contributed by atoms with Crippen molar-refractivity contribution in [3.8, 4) is 28.0 Å². The van der Waals surface area contributed by atoms with Gasteiger partial charge in [-0.1, -0.05) is 97.9 Å². The maximum atomic E-state index is 14.4. The second-order valence-corrected chi connectivity index (χ2v) is 19.6. The molecule has 6 amide bonds. The fraction of sp³-hybridized carbons (Fsp3) is 0.434. The van der Waals surface area contributed by atoms with Gasteiger partial charge in [0.15, 0.2) is 6.23 Å². The second-order valence-electron chi connectivity index (χ2n) is 19.6. The zero-order chi connectivity index (χ0) is 54.4. The van der Waals surface area contributed by atoms with Crippen LogP contribution in [0, 0.1) is 5.92 Å². The van der Waals surface area contributed by atoms with Gasteiger partial charge in [0, 0.05) is 38.4 Å². The van der Waals surface area contributed by atoms with Crippen molar-refractivity contribution in [3.05, 3.63) is 114 Å². The lowest BCUT2D eigenvalue weighted by Crippen LogP contribution is -2.64. The standard InChI is InChI=1S/C53H65N7O15/c1-26-24-60-43(44(26)66)51(73)58-49(71)39(65)22-37(54-23-29-9-11-31(12-10-29)33-15-13-32(14-16-33)30-7-5-4-6-8-30)47(69)55-40(27(2)61)52(74)59-25-36(64)21-38(59)48(70)57-42(50(72)56-41(28(3)62)53(60)75)46(68)45(67)34-17-19-35(63)20-18-34/h4-20,26-28,36-46,49,54,61-68,71H,21-25H2,1-3H3,(H,55,69)(H,56,72)(H,57,70)(H,58,73)/t26-,27+,28+,36+,37-,38-,39+,40-,41-,42-,43-,44-,45-,46-,49-/m0/s1. The Kier molecular flexibility index (Phi) is 18.0. The van der Waals surface area contributed by atoms with Crippen molar-refractivity contribution in [2.45, 2.75) is 125 Å². The number of nitrogens with zero attached hydrogens (tertiary/aromatic N) is 2. The number of aromatic hydroxyl groups is 1. The highest BCUT2D eigenvalue weighted by atomic mass is 16.3. The van der Waals surface area contributed by atoms with Gasteiger partial charge in [0.2, 0.25) is 35.4 Å². The molecule has 22 nitrogen and oxygen atoms in total.